The van der Waals surface area contributed by atoms with E-state index >= 15 is 0 Å². The molecule has 33 heavy (non-hydrogen) atoms. The Morgan fingerprint density at radius 2 is 2.00 bits per heavy atom. The molecule has 3 aromatic rings. The third-order valence-corrected chi connectivity index (χ3v) is 8.56. The van der Waals surface area contributed by atoms with Gasteiger partial charge in [-0.15, -0.1) is 0 Å². The molecule has 1 aliphatic heterocycles. The van der Waals surface area contributed by atoms with Crippen LogP contribution in [0.3, 0.4) is 0 Å². The minimum Gasteiger partial charge on any atom is -0.493 e. The van der Waals surface area contributed by atoms with Crippen LogP contribution in [0.15, 0.2) is 23.1 Å². The number of hydrogen-bond donors (Lipinski definition) is 2. The predicted molar refractivity (Wildman–Crippen MR) is 124 cm³/mol. The van der Waals surface area contributed by atoms with Crippen molar-refractivity contribution in [2.45, 2.75) is 63.0 Å². The zero-order valence-electron chi connectivity index (χ0n) is 19.1. The minimum atomic E-state index is -0.649. The van der Waals surface area contributed by atoms with Crippen molar-refractivity contribution in [3.63, 3.8) is 0 Å². The molecule has 0 amide bonds. The highest BCUT2D eigenvalue weighted by molar-refractivity contribution is 5.74. The average Bonchev–Trinajstić information content (AvgIpc) is 3.28. The molecule has 4 bridgehead atoms. The van der Waals surface area contributed by atoms with E-state index in [1.807, 2.05) is 11.5 Å². The largest absolute Gasteiger partial charge is 0.493 e. The van der Waals surface area contributed by atoms with Crippen molar-refractivity contribution in [2.75, 3.05) is 11.9 Å². The van der Waals surface area contributed by atoms with Gasteiger partial charge in [0.2, 0.25) is 5.95 Å². The third-order valence-electron chi connectivity index (χ3n) is 8.56. The Balaban J connectivity index is 1.34. The van der Waals surface area contributed by atoms with Crippen LogP contribution in [-0.2, 0) is 19.0 Å². The lowest BCUT2D eigenvalue weighted by atomic mass is 9.51. The molecule has 0 saturated heterocycles. The molecule has 4 saturated carbocycles. The van der Waals surface area contributed by atoms with Crippen molar-refractivity contribution in [2.24, 2.45) is 18.9 Å². The Kier molecular flexibility index (Phi) is 3.78. The second kappa shape index (κ2) is 6.38. The van der Waals surface area contributed by atoms with E-state index in [4.69, 9.17) is 9.72 Å². The Hall–Kier alpha value is -2.87. The number of hydrogen-bond acceptors (Lipinski definition) is 6. The molecule has 4 fully saturated rings. The number of aromatic nitrogens is 4. The lowest BCUT2D eigenvalue weighted by Crippen LogP contribution is -2.61. The van der Waals surface area contributed by atoms with Crippen molar-refractivity contribution in [1.29, 1.82) is 0 Å². The van der Waals surface area contributed by atoms with Crippen LogP contribution in [0.4, 0.5) is 11.6 Å². The van der Waals surface area contributed by atoms with Gasteiger partial charge in [-0.05, 0) is 80.5 Å². The van der Waals surface area contributed by atoms with Crippen LogP contribution in [0.2, 0.25) is 0 Å². The molecule has 1 aromatic carbocycles. The van der Waals surface area contributed by atoms with Crippen LogP contribution >= 0.6 is 0 Å². The number of nitrogens with one attached hydrogen (secondary N) is 1. The quantitative estimate of drug-likeness (QED) is 0.641. The first kappa shape index (κ1) is 19.6. The average molecular weight is 448 g/mol. The molecular weight excluding hydrogens is 418 g/mol. The summed E-state index contributed by atoms with van der Waals surface area (Å²) in [7, 11) is 1.79. The summed E-state index contributed by atoms with van der Waals surface area (Å²) in [6, 6.07) is 4.16. The molecule has 172 valence electrons. The Labute approximate surface area is 191 Å². The van der Waals surface area contributed by atoms with E-state index in [0.717, 1.165) is 54.6 Å². The second-order valence-corrected chi connectivity index (χ2v) is 11.0. The van der Waals surface area contributed by atoms with Gasteiger partial charge in [-0.25, -0.2) is 9.78 Å². The predicted octanol–water partition coefficient (Wildman–Crippen LogP) is 3.16. The smallest absolute Gasteiger partial charge is 0.330 e. The Morgan fingerprint density at radius 3 is 2.76 bits per heavy atom. The summed E-state index contributed by atoms with van der Waals surface area (Å²) < 4.78 is 9.23. The highest BCUT2D eigenvalue weighted by Crippen LogP contribution is 2.60. The van der Waals surface area contributed by atoms with E-state index in [2.05, 4.69) is 22.4 Å². The van der Waals surface area contributed by atoms with Crippen LogP contribution in [0.1, 0.15) is 49.7 Å². The van der Waals surface area contributed by atoms with Gasteiger partial charge in [-0.1, -0.05) is 0 Å². The van der Waals surface area contributed by atoms with Crippen molar-refractivity contribution in [3.8, 4) is 5.75 Å². The summed E-state index contributed by atoms with van der Waals surface area (Å²) in [4.78, 5) is 22.9. The van der Waals surface area contributed by atoms with E-state index in [1.165, 1.54) is 12.0 Å². The van der Waals surface area contributed by atoms with Crippen molar-refractivity contribution in [3.05, 3.63) is 39.9 Å². The molecule has 2 aromatic heterocycles. The normalized spacial score (nSPS) is 31.7. The van der Waals surface area contributed by atoms with Crippen molar-refractivity contribution < 1.29 is 9.84 Å². The van der Waals surface area contributed by atoms with Crippen LogP contribution in [0, 0.1) is 18.8 Å². The monoisotopic (exact) mass is 447 g/mol. The van der Waals surface area contributed by atoms with Gasteiger partial charge < -0.3 is 15.2 Å². The zero-order chi connectivity index (χ0) is 22.5. The molecule has 8 heteroatoms. The lowest BCUT2D eigenvalue weighted by Gasteiger charge is -2.60. The molecule has 4 aliphatic carbocycles. The van der Waals surface area contributed by atoms with Crippen LogP contribution in [0.25, 0.3) is 11.2 Å². The fraction of sp³-hybridized carbons (Fsp3) is 0.560. The summed E-state index contributed by atoms with van der Waals surface area (Å²) in [6.07, 6.45) is 8.08. The van der Waals surface area contributed by atoms with Crippen LogP contribution < -0.4 is 15.7 Å². The number of nitrogens with zero attached hydrogens (tertiary/aromatic N) is 4. The summed E-state index contributed by atoms with van der Waals surface area (Å²) in [5.74, 6) is 2.39. The zero-order valence-corrected chi connectivity index (χ0v) is 19.1. The Bertz CT molecular complexity index is 1360. The number of fused-ring (bicyclic) bond motifs is 2. The van der Waals surface area contributed by atoms with Crippen LogP contribution in [-0.4, -0.2) is 36.4 Å². The van der Waals surface area contributed by atoms with Crippen LogP contribution in [0.5, 0.6) is 5.75 Å². The first-order valence-corrected chi connectivity index (χ1v) is 12.0. The molecule has 0 radical (unpaired) electrons. The topological polar surface area (TPSA) is 94.2 Å². The minimum absolute atomic E-state index is 0.0622. The molecule has 8 rings (SSSR count). The van der Waals surface area contributed by atoms with Gasteiger partial charge in [0.05, 0.1) is 23.9 Å². The molecule has 2 atom stereocenters. The van der Waals surface area contributed by atoms with E-state index in [1.54, 1.807) is 17.8 Å². The lowest BCUT2D eigenvalue weighted by molar-refractivity contribution is -0.156. The molecule has 3 heterocycles. The summed E-state index contributed by atoms with van der Waals surface area (Å²) in [5, 5.41) is 14.7. The SMILES string of the molecule is Cc1cc2c(cc1Nc1ncc3c(n1)n(C14CC5CC(CC(O)(C5)C1)C4)c(=O)n3C)CCO2. The number of aliphatic hydroxyl groups is 1. The van der Waals surface area contributed by atoms with Gasteiger partial charge >= 0.3 is 5.69 Å². The van der Waals surface area contributed by atoms with Crippen molar-refractivity contribution >= 4 is 22.8 Å². The molecule has 2 unspecified atom stereocenters. The van der Waals surface area contributed by atoms with E-state index < -0.39 is 5.60 Å². The van der Waals surface area contributed by atoms with Gasteiger partial charge in [0.15, 0.2) is 5.65 Å². The first-order valence-electron chi connectivity index (χ1n) is 12.0. The summed E-state index contributed by atoms with van der Waals surface area (Å²) in [6.45, 7) is 2.75. The van der Waals surface area contributed by atoms with Gasteiger partial charge in [-0.3, -0.25) is 9.13 Å². The maximum absolute atomic E-state index is 13.5. The number of benzene rings is 1. The number of aryl methyl sites for hydroxylation is 2. The number of ether oxygens (including phenoxy) is 1. The molecular formula is C25H29N5O3. The number of anilines is 2. The molecule has 2 N–H and O–H groups in total. The maximum atomic E-state index is 13.5. The molecule has 5 aliphatic rings. The number of rotatable bonds is 3. The van der Waals surface area contributed by atoms with Gasteiger partial charge in [-0.2, -0.15) is 4.98 Å². The maximum Gasteiger partial charge on any atom is 0.330 e. The Morgan fingerprint density at radius 1 is 1.21 bits per heavy atom. The summed E-state index contributed by atoms with van der Waals surface area (Å²) >= 11 is 0. The van der Waals surface area contributed by atoms with Gasteiger partial charge in [0, 0.05) is 19.2 Å². The summed E-state index contributed by atoms with van der Waals surface area (Å²) in [5.41, 5.74) is 3.52. The molecule has 0 spiro atoms. The van der Waals surface area contributed by atoms with E-state index in [-0.39, 0.29) is 11.2 Å². The fourth-order valence-electron chi connectivity index (χ4n) is 7.61. The highest BCUT2D eigenvalue weighted by atomic mass is 16.5. The van der Waals surface area contributed by atoms with E-state index in [0.29, 0.717) is 36.5 Å². The standard InChI is InChI=1S/C25H29N5O3/c1-14-5-20-17(3-4-33-20)7-18(14)27-22-26-12-19-21(28-22)30(23(31)29(19)2)24-8-15-6-16(9-24)11-25(32,10-15)13-24/h5,7,12,15-16,32H,3-4,6,8-11,13H2,1-2H3,(H,26,27,28). The molecule has 8 nitrogen and oxygen atoms in total. The highest BCUT2D eigenvalue weighted by Gasteiger charge is 2.59. The van der Waals surface area contributed by atoms with Gasteiger partial charge in [0.25, 0.3) is 0 Å². The third kappa shape index (κ3) is 2.76. The van der Waals surface area contributed by atoms with Crippen molar-refractivity contribution in [1.82, 2.24) is 19.1 Å². The first-order chi connectivity index (χ1) is 15.8. The number of imidazole rings is 1. The van der Waals surface area contributed by atoms with E-state index in [9.17, 15) is 9.90 Å². The van der Waals surface area contributed by atoms with Gasteiger partial charge in [0.1, 0.15) is 11.3 Å². The fourth-order valence-corrected chi connectivity index (χ4v) is 7.61. The second-order valence-electron chi connectivity index (χ2n) is 11.0.